The van der Waals surface area contributed by atoms with Crippen LogP contribution >= 0.6 is 21.6 Å². The van der Waals surface area contributed by atoms with Crippen LogP contribution in [0.2, 0.25) is 0 Å². The molecule has 2 amide bonds. The van der Waals surface area contributed by atoms with E-state index in [0.29, 0.717) is 29.4 Å². The Kier molecular flexibility index (Phi) is 10.4. The maximum atomic E-state index is 12.4. The van der Waals surface area contributed by atoms with E-state index in [-0.39, 0.29) is 24.8 Å². The Morgan fingerprint density at radius 2 is 1.70 bits per heavy atom. The van der Waals surface area contributed by atoms with Crippen molar-refractivity contribution in [3.8, 4) is 5.75 Å². The maximum absolute atomic E-state index is 12.4. The molecular weight excluding hydrogens is 424 g/mol. The Morgan fingerprint density at radius 3 is 2.33 bits per heavy atom. The number of aryl methyl sites for hydroxylation is 2. The standard InChI is InChI=1S/C21H30N2O5S2/c1-15-12-17(21(27)22-7-11-30-29-10-6-19(25)26)13-16(2)20(15)28-14-18(24)23-8-4-3-5-9-23/h12-13H,3-11,14H2,1-2H3,(H,22,27)(H,25,26). The van der Waals surface area contributed by atoms with Crippen LogP contribution in [0.1, 0.15) is 47.2 Å². The first-order chi connectivity index (χ1) is 14.4. The number of hydrogen-bond acceptors (Lipinski definition) is 6. The second-order valence-corrected chi connectivity index (χ2v) is 9.91. The van der Waals surface area contributed by atoms with Gasteiger partial charge in [0.25, 0.3) is 11.8 Å². The SMILES string of the molecule is Cc1cc(C(=O)NCCSSCCC(=O)O)cc(C)c1OCC(=O)N1CCCCC1. The van der Waals surface area contributed by atoms with E-state index in [2.05, 4.69) is 5.32 Å². The molecule has 0 unspecified atom stereocenters. The van der Waals surface area contributed by atoms with Gasteiger partial charge in [-0.25, -0.2) is 0 Å². The molecular formula is C21H30N2O5S2. The fourth-order valence-corrected chi connectivity index (χ4v) is 5.12. The topological polar surface area (TPSA) is 95.9 Å². The fraction of sp³-hybridized carbons (Fsp3) is 0.571. The lowest BCUT2D eigenvalue weighted by Gasteiger charge is -2.26. The summed E-state index contributed by atoms with van der Waals surface area (Å²) in [6, 6.07) is 3.55. The van der Waals surface area contributed by atoms with Gasteiger partial charge in [0.1, 0.15) is 5.75 Å². The van der Waals surface area contributed by atoms with Gasteiger partial charge in [-0.2, -0.15) is 0 Å². The van der Waals surface area contributed by atoms with Crippen molar-refractivity contribution in [1.82, 2.24) is 10.2 Å². The minimum Gasteiger partial charge on any atom is -0.483 e. The molecule has 0 radical (unpaired) electrons. The molecule has 0 aromatic heterocycles. The third-order valence-electron chi connectivity index (χ3n) is 4.72. The second kappa shape index (κ2) is 12.7. The van der Waals surface area contributed by atoms with Crippen molar-refractivity contribution >= 4 is 39.4 Å². The van der Waals surface area contributed by atoms with Crippen molar-refractivity contribution in [2.45, 2.75) is 39.5 Å². The number of benzene rings is 1. The summed E-state index contributed by atoms with van der Waals surface area (Å²) in [7, 11) is 3.04. The zero-order chi connectivity index (χ0) is 21.9. The van der Waals surface area contributed by atoms with Gasteiger partial charge in [-0.3, -0.25) is 14.4 Å². The number of amides is 2. The maximum Gasteiger partial charge on any atom is 0.304 e. The lowest BCUT2D eigenvalue weighted by atomic mass is 10.1. The minimum absolute atomic E-state index is 0.00837. The Hall–Kier alpha value is -1.87. The van der Waals surface area contributed by atoms with Crippen molar-refractivity contribution in [1.29, 1.82) is 0 Å². The molecule has 0 aliphatic carbocycles. The lowest BCUT2D eigenvalue weighted by molar-refractivity contribution is -0.136. The highest BCUT2D eigenvalue weighted by molar-refractivity contribution is 8.76. The first-order valence-electron chi connectivity index (χ1n) is 10.1. The number of aliphatic carboxylic acids is 1. The van der Waals surface area contributed by atoms with Crippen LogP contribution in [0.15, 0.2) is 12.1 Å². The molecule has 166 valence electrons. The van der Waals surface area contributed by atoms with E-state index in [1.807, 2.05) is 18.7 Å². The summed E-state index contributed by atoms with van der Waals surface area (Å²) in [5, 5.41) is 11.5. The zero-order valence-corrected chi connectivity index (χ0v) is 19.2. The van der Waals surface area contributed by atoms with E-state index in [4.69, 9.17) is 9.84 Å². The predicted octanol–water partition coefficient (Wildman–Crippen LogP) is 3.28. The van der Waals surface area contributed by atoms with Gasteiger partial charge in [-0.1, -0.05) is 21.6 Å². The molecule has 1 saturated heterocycles. The molecule has 1 heterocycles. The molecule has 1 aliphatic heterocycles. The highest BCUT2D eigenvalue weighted by atomic mass is 33.1. The summed E-state index contributed by atoms with van der Waals surface area (Å²) in [6.45, 7) is 5.87. The third kappa shape index (κ3) is 8.10. The van der Waals surface area contributed by atoms with Crippen LogP contribution in [0.3, 0.4) is 0 Å². The average molecular weight is 455 g/mol. The molecule has 0 atom stereocenters. The number of piperidine rings is 1. The van der Waals surface area contributed by atoms with Gasteiger partial charge in [0.15, 0.2) is 6.61 Å². The zero-order valence-electron chi connectivity index (χ0n) is 17.6. The normalized spacial score (nSPS) is 13.7. The Morgan fingerprint density at radius 1 is 1.07 bits per heavy atom. The average Bonchev–Trinajstić information content (AvgIpc) is 2.72. The van der Waals surface area contributed by atoms with Crippen molar-refractivity contribution in [2.75, 3.05) is 37.7 Å². The number of rotatable bonds is 11. The molecule has 1 aromatic rings. The molecule has 9 heteroatoms. The van der Waals surface area contributed by atoms with Crippen LogP contribution in [-0.2, 0) is 9.59 Å². The summed E-state index contributed by atoms with van der Waals surface area (Å²) in [5.41, 5.74) is 2.21. The number of carbonyl (C=O) groups is 3. The summed E-state index contributed by atoms with van der Waals surface area (Å²) < 4.78 is 5.80. The van der Waals surface area contributed by atoms with Crippen LogP contribution in [0, 0.1) is 13.8 Å². The van der Waals surface area contributed by atoms with Crippen LogP contribution in [0.4, 0.5) is 0 Å². The summed E-state index contributed by atoms with van der Waals surface area (Å²) in [4.78, 5) is 37.0. The monoisotopic (exact) mass is 454 g/mol. The lowest BCUT2D eigenvalue weighted by Crippen LogP contribution is -2.38. The number of hydrogen-bond donors (Lipinski definition) is 2. The Bertz CT molecular complexity index is 728. The molecule has 0 bridgehead atoms. The summed E-state index contributed by atoms with van der Waals surface area (Å²) in [6.07, 6.45) is 3.41. The molecule has 7 nitrogen and oxygen atoms in total. The highest BCUT2D eigenvalue weighted by Gasteiger charge is 2.18. The van der Waals surface area contributed by atoms with Crippen molar-refractivity contribution in [3.63, 3.8) is 0 Å². The minimum atomic E-state index is -0.801. The van der Waals surface area contributed by atoms with Gasteiger partial charge in [-0.15, -0.1) is 0 Å². The van der Waals surface area contributed by atoms with E-state index in [1.165, 1.54) is 17.2 Å². The molecule has 30 heavy (non-hydrogen) atoms. The van der Waals surface area contributed by atoms with Gasteiger partial charge in [0.2, 0.25) is 0 Å². The number of nitrogens with zero attached hydrogens (tertiary/aromatic N) is 1. The molecule has 0 spiro atoms. The van der Waals surface area contributed by atoms with Crippen molar-refractivity contribution in [2.24, 2.45) is 0 Å². The molecule has 0 saturated carbocycles. The third-order valence-corrected chi connectivity index (χ3v) is 7.13. The highest BCUT2D eigenvalue weighted by Crippen LogP contribution is 2.25. The van der Waals surface area contributed by atoms with Gasteiger partial charge in [-0.05, 0) is 56.4 Å². The van der Waals surface area contributed by atoms with Gasteiger partial charge >= 0.3 is 5.97 Å². The number of likely N-dealkylation sites (tertiary alicyclic amines) is 1. The molecule has 1 aromatic carbocycles. The van der Waals surface area contributed by atoms with Crippen LogP contribution in [0.5, 0.6) is 5.75 Å². The molecule has 1 aliphatic rings. The Balaban J connectivity index is 1.79. The van der Waals surface area contributed by atoms with E-state index in [0.717, 1.165) is 37.1 Å². The number of carboxylic acids is 1. The summed E-state index contributed by atoms with van der Waals surface area (Å²) >= 11 is 0. The largest absolute Gasteiger partial charge is 0.483 e. The number of ether oxygens (including phenoxy) is 1. The van der Waals surface area contributed by atoms with Crippen LogP contribution in [0.25, 0.3) is 0 Å². The van der Waals surface area contributed by atoms with Crippen molar-refractivity contribution < 1.29 is 24.2 Å². The quantitative estimate of drug-likeness (QED) is 0.391. The Labute approximate surface area is 185 Å². The van der Waals surface area contributed by atoms with Crippen LogP contribution < -0.4 is 10.1 Å². The van der Waals surface area contributed by atoms with Gasteiger partial charge < -0.3 is 20.1 Å². The number of carboxylic acid groups (broad SMARTS) is 1. The van der Waals surface area contributed by atoms with Gasteiger partial charge in [0.05, 0.1) is 6.42 Å². The first-order valence-corrected chi connectivity index (χ1v) is 12.6. The fourth-order valence-electron chi connectivity index (χ4n) is 3.23. The number of nitrogens with one attached hydrogen (secondary N) is 1. The van der Waals surface area contributed by atoms with Gasteiger partial charge in [0, 0.05) is 36.7 Å². The predicted molar refractivity (Wildman–Crippen MR) is 121 cm³/mol. The van der Waals surface area contributed by atoms with E-state index >= 15 is 0 Å². The summed E-state index contributed by atoms with van der Waals surface area (Å²) in [5.74, 6) is 0.956. The molecule has 2 rings (SSSR count). The molecule has 2 N–H and O–H groups in total. The van der Waals surface area contributed by atoms with Crippen molar-refractivity contribution in [3.05, 3.63) is 28.8 Å². The first kappa shape index (κ1) is 24.4. The smallest absolute Gasteiger partial charge is 0.304 e. The number of carbonyl (C=O) groups excluding carboxylic acids is 2. The van der Waals surface area contributed by atoms with E-state index in [1.54, 1.807) is 22.9 Å². The molecule has 1 fully saturated rings. The second-order valence-electron chi connectivity index (χ2n) is 7.21. The van der Waals surface area contributed by atoms with E-state index in [9.17, 15) is 14.4 Å². The van der Waals surface area contributed by atoms with Crippen LogP contribution in [-0.4, -0.2) is 65.5 Å². The van der Waals surface area contributed by atoms with E-state index < -0.39 is 5.97 Å².